The van der Waals surface area contributed by atoms with Gasteiger partial charge in [-0.05, 0) is 76.8 Å². The van der Waals surface area contributed by atoms with Crippen LogP contribution in [0.1, 0.15) is 21.3 Å². The molecule has 0 saturated heterocycles. The molecule has 0 spiro atoms. The molecule has 9 rings (SSSR count). The maximum atomic E-state index is 11.0. The summed E-state index contributed by atoms with van der Waals surface area (Å²) in [5.41, 5.74) is 12.3. The van der Waals surface area contributed by atoms with E-state index in [1.54, 1.807) is 0 Å². The van der Waals surface area contributed by atoms with Gasteiger partial charge in [0.15, 0.2) is 0 Å². The number of carbonyl (C=O) groups is 1. The summed E-state index contributed by atoms with van der Waals surface area (Å²) >= 11 is 3.65. The molecule has 0 radical (unpaired) electrons. The van der Waals surface area contributed by atoms with Crippen LogP contribution < -0.4 is 14.8 Å². The third-order valence-corrected chi connectivity index (χ3v) is 11.0. The molecule has 9 nitrogen and oxygen atoms in total. The zero-order valence-electron chi connectivity index (χ0n) is 35.4. The molecular formula is C55H50BrN5O4. The van der Waals surface area contributed by atoms with E-state index < -0.39 is 5.97 Å². The van der Waals surface area contributed by atoms with Crippen LogP contribution in [0.15, 0.2) is 199 Å². The Morgan fingerprint density at radius 3 is 1.43 bits per heavy atom. The number of halogens is 1. The summed E-state index contributed by atoms with van der Waals surface area (Å²) in [5.74, 6) is 0.500. The summed E-state index contributed by atoms with van der Waals surface area (Å²) in [4.78, 5) is 11.0. The minimum atomic E-state index is -0.911. The number of aliphatic carboxylic acids is 1. The van der Waals surface area contributed by atoms with E-state index in [1.807, 2.05) is 169 Å². The van der Waals surface area contributed by atoms with Crippen LogP contribution in [0.25, 0.3) is 67.3 Å². The van der Waals surface area contributed by atoms with E-state index in [0.717, 1.165) is 83.3 Å². The van der Waals surface area contributed by atoms with Crippen LogP contribution in [0, 0.1) is 0 Å². The summed E-state index contributed by atoms with van der Waals surface area (Å²) in [6, 6.07) is 64.6. The molecule has 0 atom stereocenters. The largest absolute Gasteiger partial charge is 0.480 e. The van der Waals surface area contributed by atoms with E-state index in [1.165, 1.54) is 0 Å². The number of anilines is 1. The number of rotatable bonds is 14. The highest BCUT2D eigenvalue weighted by Gasteiger charge is 2.26. The normalized spacial score (nSPS) is 10.6. The lowest BCUT2D eigenvalue weighted by Gasteiger charge is -2.15. The van der Waals surface area contributed by atoms with E-state index in [4.69, 9.17) is 24.8 Å². The number of carboxylic acid groups (broad SMARTS) is 1. The number of carboxylic acids is 1. The quantitative estimate of drug-likeness (QED) is 0.112. The number of aromatic nitrogens is 4. The molecule has 0 unspecified atom stereocenters. The molecule has 0 aliphatic carbocycles. The molecule has 0 aliphatic rings. The van der Waals surface area contributed by atoms with Gasteiger partial charge in [0.1, 0.15) is 17.9 Å². The van der Waals surface area contributed by atoms with Crippen molar-refractivity contribution in [2.45, 2.75) is 21.3 Å². The molecule has 0 aliphatic heterocycles. The van der Waals surface area contributed by atoms with Gasteiger partial charge in [-0.25, -0.2) is 0 Å². The van der Waals surface area contributed by atoms with E-state index >= 15 is 0 Å². The fourth-order valence-corrected chi connectivity index (χ4v) is 7.95. The Hall–Kier alpha value is -7.69. The maximum Gasteiger partial charge on any atom is 0.322 e. The lowest BCUT2D eigenvalue weighted by molar-refractivity contribution is -0.134. The Kier molecular flexibility index (Phi) is 15.1. The zero-order chi connectivity index (χ0) is 44.3. The van der Waals surface area contributed by atoms with Crippen molar-refractivity contribution >= 4 is 27.6 Å². The monoisotopic (exact) mass is 923 g/mol. The summed E-state index contributed by atoms with van der Waals surface area (Å²) in [6.45, 7) is 4.85. The number of ether oxygens (including phenoxy) is 2. The molecule has 326 valence electrons. The van der Waals surface area contributed by atoms with Crippen LogP contribution in [-0.2, 0) is 4.79 Å². The minimum Gasteiger partial charge on any atom is -0.480 e. The average Bonchev–Trinajstić information content (AvgIpc) is 3.91. The fraction of sp³-hybridized carbons (Fsp3) is 0.109. The van der Waals surface area contributed by atoms with Crippen LogP contribution in [0.2, 0.25) is 0 Å². The SMILES string of the molecule is C.CCOc1c(-c2ccccc2)c(-c2ccccc2)nn1-c1ccccc1-c1cccc(NCC(=O)O)c1.CCOc1c(-c2ccccc2)c(-c2ccccc2)nn1-c1ccccc1Br. The molecule has 10 heteroatoms. The van der Waals surface area contributed by atoms with Gasteiger partial charge in [0.25, 0.3) is 0 Å². The first-order valence-corrected chi connectivity index (χ1v) is 21.9. The minimum absolute atomic E-state index is 0. The van der Waals surface area contributed by atoms with Crippen molar-refractivity contribution in [3.8, 4) is 79.0 Å². The fourth-order valence-electron chi connectivity index (χ4n) is 7.50. The molecule has 2 N–H and O–H groups in total. The molecule has 65 heavy (non-hydrogen) atoms. The first kappa shape index (κ1) is 45.3. The van der Waals surface area contributed by atoms with Crippen molar-refractivity contribution < 1.29 is 19.4 Å². The van der Waals surface area contributed by atoms with Crippen LogP contribution in [0.4, 0.5) is 5.69 Å². The van der Waals surface area contributed by atoms with Gasteiger partial charge in [0.2, 0.25) is 11.8 Å². The number of nitrogens with one attached hydrogen (secondary N) is 1. The number of hydrogen-bond donors (Lipinski definition) is 2. The Balaban J connectivity index is 0.000000200. The van der Waals surface area contributed by atoms with E-state index in [9.17, 15) is 4.79 Å². The van der Waals surface area contributed by atoms with Crippen molar-refractivity contribution in [2.75, 3.05) is 25.1 Å². The van der Waals surface area contributed by atoms with Crippen molar-refractivity contribution in [3.63, 3.8) is 0 Å². The summed E-state index contributed by atoms with van der Waals surface area (Å²) < 4.78 is 17.1. The smallest absolute Gasteiger partial charge is 0.322 e. The number of nitrogens with zero attached hydrogens (tertiary/aromatic N) is 4. The first-order chi connectivity index (χ1) is 31.4. The van der Waals surface area contributed by atoms with Crippen LogP contribution in [0.3, 0.4) is 0 Å². The summed E-state index contributed by atoms with van der Waals surface area (Å²) in [7, 11) is 0. The highest BCUT2D eigenvalue weighted by Crippen LogP contribution is 2.43. The van der Waals surface area contributed by atoms with Gasteiger partial charge in [0.05, 0.1) is 35.7 Å². The van der Waals surface area contributed by atoms with Crippen molar-refractivity contribution in [2.24, 2.45) is 0 Å². The summed E-state index contributed by atoms with van der Waals surface area (Å²) in [6.07, 6.45) is 0. The van der Waals surface area contributed by atoms with Gasteiger partial charge in [-0.2, -0.15) is 19.6 Å². The highest BCUT2D eigenvalue weighted by molar-refractivity contribution is 9.10. The second-order valence-corrected chi connectivity index (χ2v) is 15.4. The predicted molar refractivity (Wildman–Crippen MR) is 267 cm³/mol. The topological polar surface area (TPSA) is 103 Å². The number of para-hydroxylation sites is 2. The van der Waals surface area contributed by atoms with Gasteiger partial charge in [0, 0.05) is 26.9 Å². The van der Waals surface area contributed by atoms with Crippen molar-refractivity contribution in [3.05, 3.63) is 199 Å². The third kappa shape index (κ3) is 10.2. The Morgan fingerprint density at radius 1 is 0.538 bits per heavy atom. The van der Waals surface area contributed by atoms with Gasteiger partial charge in [-0.3, -0.25) is 4.79 Å². The zero-order valence-corrected chi connectivity index (χ0v) is 37.0. The lowest BCUT2D eigenvalue weighted by Crippen LogP contribution is -2.12. The van der Waals surface area contributed by atoms with Crippen molar-refractivity contribution in [1.82, 2.24) is 19.6 Å². The van der Waals surface area contributed by atoms with Gasteiger partial charge < -0.3 is 19.9 Å². The molecular weight excluding hydrogens is 875 g/mol. The highest BCUT2D eigenvalue weighted by atomic mass is 79.9. The maximum absolute atomic E-state index is 11.0. The first-order valence-electron chi connectivity index (χ1n) is 21.1. The van der Waals surface area contributed by atoms with Crippen molar-refractivity contribution in [1.29, 1.82) is 0 Å². The number of benzene rings is 7. The molecule has 2 aromatic heterocycles. The van der Waals surface area contributed by atoms with Crippen LogP contribution >= 0.6 is 15.9 Å². The standard InChI is InChI=1S/C31H27N3O3.C23H19BrN2O.CH4/c1-2-37-31-29(22-12-5-3-6-13-22)30(23-14-7-4-8-15-23)33-34(31)27-19-10-9-18-26(27)24-16-11-17-25(20-24)32-21-28(35)36;1-2-27-23-21(17-11-5-3-6-12-17)22(18-13-7-4-8-14-18)25-26(23)20-16-10-9-15-19(20)24;/h3-20,32H,2,21H2,1H3,(H,35,36);3-16H,2H2,1H3;1H4. The molecule has 7 aromatic carbocycles. The molecule has 2 heterocycles. The Labute approximate surface area is 388 Å². The lowest BCUT2D eigenvalue weighted by atomic mass is 10.0. The predicted octanol–water partition coefficient (Wildman–Crippen LogP) is 13.8. The van der Waals surface area contributed by atoms with E-state index in [2.05, 4.69) is 69.8 Å². The van der Waals surface area contributed by atoms with Gasteiger partial charge in [-0.15, -0.1) is 0 Å². The molecule has 0 bridgehead atoms. The van der Waals surface area contributed by atoms with Gasteiger partial charge in [-0.1, -0.05) is 171 Å². The Bertz CT molecular complexity index is 2960. The second kappa shape index (κ2) is 21.6. The van der Waals surface area contributed by atoms with Crippen LogP contribution in [-0.4, -0.2) is 50.4 Å². The molecule has 0 fully saturated rings. The van der Waals surface area contributed by atoms with E-state index in [-0.39, 0.29) is 14.0 Å². The van der Waals surface area contributed by atoms with Gasteiger partial charge >= 0.3 is 5.97 Å². The van der Waals surface area contributed by atoms with E-state index in [0.29, 0.717) is 19.1 Å². The number of hydrogen-bond acceptors (Lipinski definition) is 6. The molecule has 0 amide bonds. The van der Waals surface area contributed by atoms with Crippen LogP contribution in [0.5, 0.6) is 11.8 Å². The summed E-state index contributed by atoms with van der Waals surface area (Å²) in [5, 5.41) is 22.1. The molecule has 9 aromatic rings. The molecule has 0 saturated carbocycles. The average molecular weight is 925 g/mol. The Morgan fingerprint density at radius 2 is 0.954 bits per heavy atom. The second-order valence-electron chi connectivity index (χ2n) is 14.5. The third-order valence-electron chi connectivity index (χ3n) is 10.3.